The molecule has 2 nitrogen and oxygen atoms in total. The first-order chi connectivity index (χ1) is 8.66. The van der Waals surface area contributed by atoms with E-state index in [1.807, 2.05) is 24.3 Å². The first-order valence-electron chi connectivity index (χ1n) is 6.30. The minimum absolute atomic E-state index is 0.515. The summed E-state index contributed by atoms with van der Waals surface area (Å²) in [4.78, 5) is 4.24. The highest BCUT2D eigenvalue weighted by Crippen LogP contribution is 2.24. The standard InChI is InChI=1S/C16H19NO/c1-12(2)16-10-15(8-7-13(16)3)18-11-14-6-4-5-9-17-14/h4-10,12H,11H2,1-3H3. The molecule has 2 heteroatoms. The number of aryl methyl sites for hydroxylation is 1. The summed E-state index contributed by atoms with van der Waals surface area (Å²) in [6.07, 6.45) is 1.79. The summed E-state index contributed by atoms with van der Waals surface area (Å²) in [6.45, 7) is 7.05. The van der Waals surface area contributed by atoms with Crippen LogP contribution in [0.25, 0.3) is 0 Å². The second-order valence-corrected chi connectivity index (χ2v) is 4.78. The van der Waals surface area contributed by atoms with Crippen LogP contribution < -0.4 is 4.74 Å². The van der Waals surface area contributed by atoms with Gasteiger partial charge >= 0.3 is 0 Å². The maximum Gasteiger partial charge on any atom is 0.130 e. The molecule has 2 aromatic rings. The fraction of sp³-hybridized carbons (Fsp3) is 0.312. The molecule has 2 rings (SSSR count). The van der Waals surface area contributed by atoms with Crippen LogP contribution in [0.3, 0.4) is 0 Å². The van der Waals surface area contributed by atoms with Crippen LogP contribution in [0, 0.1) is 6.92 Å². The van der Waals surface area contributed by atoms with Gasteiger partial charge in [-0.15, -0.1) is 0 Å². The minimum atomic E-state index is 0.515. The van der Waals surface area contributed by atoms with Gasteiger partial charge in [0.1, 0.15) is 12.4 Å². The van der Waals surface area contributed by atoms with Crippen molar-refractivity contribution < 1.29 is 4.74 Å². The average Bonchev–Trinajstić information content (AvgIpc) is 2.38. The van der Waals surface area contributed by atoms with Gasteiger partial charge in [0.05, 0.1) is 5.69 Å². The van der Waals surface area contributed by atoms with Gasteiger partial charge in [-0.3, -0.25) is 4.98 Å². The molecule has 0 aliphatic carbocycles. The van der Waals surface area contributed by atoms with Crippen LogP contribution in [-0.2, 0) is 6.61 Å². The SMILES string of the molecule is Cc1ccc(OCc2ccccn2)cc1C(C)C. The van der Waals surface area contributed by atoms with Crippen LogP contribution in [0.15, 0.2) is 42.6 Å². The zero-order valence-corrected chi connectivity index (χ0v) is 11.2. The van der Waals surface area contributed by atoms with E-state index in [4.69, 9.17) is 4.74 Å². The Balaban J connectivity index is 2.08. The molecule has 0 aliphatic heterocycles. The average molecular weight is 241 g/mol. The lowest BCUT2D eigenvalue weighted by atomic mass is 9.98. The van der Waals surface area contributed by atoms with Crippen molar-refractivity contribution >= 4 is 0 Å². The van der Waals surface area contributed by atoms with E-state index >= 15 is 0 Å². The molecule has 1 aromatic carbocycles. The first-order valence-corrected chi connectivity index (χ1v) is 6.30. The van der Waals surface area contributed by atoms with E-state index in [-0.39, 0.29) is 0 Å². The van der Waals surface area contributed by atoms with Crippen molar-refractivity contribution in [2.24, 2.45) is 0 Å². The predicted octanol–water partition coefficient (Wildman–Crippen LogP) is 4.09. The Hall–Kier alpha value is -1.83. The van der Waals surface area contributed by atoms with Gasteiger partial charge < -0.3 is 4.74 Å². The molecule has 0 atom stereocenters. The van der Waals surface area contributed by atoms with Crippen molar-refractivity contribution in [1.29, 1.82) is 0 Å². The monoisotopic (exact) mass is 241 g/mol. The number of benzene rings is 1. The third kappa shape index (κ3) is 3.10. The second kappa shape index (κ2) is 5.67. The van der Waals surface area contributed by atoms with Crippen molar-refractivity contribution in [2.45, 2.75) is 33.3 Å². The second-order valence-electron chi connectivity index (χ2n) is 4.78. The van der Waals surface area contributed by atoms with E-state index in [2.05, 4.69) is 37.9 Å². The summed E-state index contributed by atoms with van der Waals surface area (Å²) in [5.41, 5.74) is 3.60. The zero-order valence-electron chi connectivity index (χ0n) is 11.2. The zero-order chi connectivity index (χ0) is 13.0. The molecule has 0 spiro atoms. The first kappa shape index (κ1) is 12.6. The molecule has 0 N–H and O–H groups in total. The van der Waals surface area contributed by atoms with Crippen molar-refractivity contribution in [2.75, 3.05) is 0 Å². The molecule has 0 saturated heterocycles. The quantitative estimate of drug-likeness (QED) is 0.804. The highest BCUT2D eigenvalue weighted by atomic mass is 16.5. The molecule has 0 bridgehead atoms. The van der Waals surface area contributed by atoms with Gasteiger partial charge in [-0.1, -0.05) is 26.0 Å². The van der Waals surface area contributed by atoms with E-state index in [0.717, 1.165) is 11.4 Å². The minimum Gasteiger partial charge on any atom is -0.487 e. The molecule has 0 unspecified atom stereocenters. The van der Waals surface area contributed by atoms with E-state index in [9.17, 15) is 0 Å². The maximum atomic E-state index is 5.78. The van der Waals surface area contributed by atoms with E-state index in [1.165, 1.54) is 11.1 Å². The molecule has 1 aromatic heterocycles. The van der Waals surface area contributed by atoms with Gasteiger partial charge in [0.2, 0.25) is 0 Å². The molecule has 0 aliphatic rings. The Morgan fingerprint density at radius 2 is 2.00 bits per heavy atom. The van der Waals surface area contributed by atoms with Crippen LogP contribution in [0.1, 0.15) is 36.6 Å². The van der Waals surface area contributed by atoms with Gasteiger partial charge in [0.15, 0.2) is 0 Å². The smallest absolute Gasteiger partial charge is 0.130 e. The summed E-state index contributed by atoms with van der Waals surface area (Å²) in [5.74, 6) is 1.43. The molecular weight excluding hydrogens is 222 g/mol. The lowest BCUT2D eigenvalue weighted by Gasteiger charge is -2.12. The fourth-order valence-electron chi connectivity index (χ4n) is 1.97. The number of pyridine rings is 1. The van der Waals surface area contributed by atoms with Crippen LogP contribution in [-0.4, -0.2) is 4.98 Å². The molecule has 0 fully saturated rings. The van der Waals surface area contributed by atoms with Crippen molar-refractivity contribution in [3.63, 3.8) is 0 Å². The Morgan fingerprint density at radius 3 is 2.67 bits per heavy atom. The topological polar surface area (TPSA) is 22.1 Å². The summed E-state index contributed by atoms with van der Waals surface area (Å²) >= 11 is 0. The van der Waals surface area contributed by atoms with Gasteiger partial charge in [0.25, 0.3) is 0 Å². The molecule has 94 valence electrons. The summed E-state index contributed by atoms with van der Waals surface area (Å²) in [5, 5.41) is 0. The predicted molar refractivity (Wildman–Crippen MR) is 73.8 cm³/mol. The lowest BCUT2D eigenvalue weighted by Crippen LogP contribution is -1.99. The summed E-state index contributed by atoms with van der Waals surface area (Å²) in [6, 6.07) is 12.1. The Morgan fingerprint density at radius 1 is 1.17 bits per heavy atom. The number of ether oxygens (including phenoxy) is 1. The number of aromatic nitrogens is 1. The van der Waals surface area contributed by atoms with Crippen molar-refractivity contribution in [3.05, 3.63) is 59.4 Å². The van der Waals surface area contributed by atoms with Crippen LogP contribution in [0.2, 0.25) is 0 Å². The van der Waals surface area contributed by atoms with Gasteiger partial charge in [-0.25, -0.2) is 0 Å². The molecular formula is C16H19NO. The normalized spacial score (nSPS) is 10.7. The number of hydrogen-bond acceptors (Lipinski definition) is 2. The molecule has 0 radical (unpaired) electrons. The van der Waals surface area contributed by atoms with Crippen LogP contribution >= 0.6 is 0 Å². The third-order valence-electron chi connectivity index (χ3n) is 2.99. The Labute approximate surface area is 109 Å². The molecule has 18 heavy (non-hydrogen) atoms. The van der Waals surface area contributed by atoms with Gasteiger partial charge in [0, 0.05) is 6.20 Å². The molecule has 1 heterocycles. The Bertz CT molecular complexity index is 506. The van der Waals surface area contributed by atoms with Crippen molar-refractivity contribution in [3.8, 4) is 5.75 Å². The van der Waals surface area contributed by atoms with Gasteiger partial charge in [-0.05, 0) is 48.2 Å². The largest absolute Gasteiger partial charge is 0.487 e. The lowest BCUT2D eigenvalue weighted by molar-refractivity contribution is 0.301. The molecule has 0 saturated carbocycles. The summed E-state index contributed by atoms with van der Waals surface area (Å²) in [7, 11) is 0. The number of rotatable bonds is 4. The third-order valence-corrected chi connectivity index (χ3v) is 2.99. The maximum absolute atomic E-state index is 5.78. The van der Waals surface area contributed by atoms with Crippen molar-refractivity contribution in [1.82, 2.24) is 4.98 Å². The highest BCUT2D eigenvalue weighted by molar-refractivity contribution is 5.36. The fourth-order valence-corrected chi connectivity index (χ4v) is 1.97. The van der Waals surface area contributed by atoms with E-state index in [1.54, 1.807) is 6.20 Å². The summed E-state index contributed by atoms with van der Waals surface area (Å²) < 4.78 is 5.78. The van der Waals surface area contributed by atoms with Gasteiger partial charge in [-0.2, -0.15) is 0 Å². The van der Waals surface area contributed by atoms with E-state index in [0.29, 0.717) is 12.5 Å². The molecule has 0 amide bonds. The number of hydrogen-bond donors (Lipinski definition) is 0. The highest BCUT2D eigenvalue weighted by Gasteiger charge is 2.05. The Kier molecular flexibility index (Phi) is 3.98. The van der Waals surface area contributed by atoms with E-state index < -0.39 is 0 Å². The van der Waals surface area contributed by atoms with Crippen LogP contribution in [0.5, 0.6) is 5.75 Å². The number of nitrogens with zero attached hydrogens (tertiary/aromatic N) is 1. The van der Waals surface area contributed by atoms with Crippen LogP contribution in [0.4, 0.5) is 0 Å².